The Balaban J connectivity index is 1.33. The van der Waals surface area contributed by atoms with E-state index in [1.165, 1.54) is 0 Å². The van der Waals surface area contributed by atoms with Crippen molar-refractivity contribution in [2.45, 2.75) is 25.4 Å². The molecule has 0 spiro atoms. The number of amides is 1. The smallest absolute Gasteiger partial charge is 0.251 e. The lowest BCUT2D eigenvalue weighted by Gasteiger charge is -2.40. The first-order chi connectivity index (χ1) is 13.8. The van der Waals surface area contributed by atoms with Gasteiger partial charge in [0.15, 0.2) is 0 Å². The van der Waals surface area contributed by atoms with Gasteiger partial charge in [-0.25, -0.2) is 4.98 Å². The molecule has 0 saturated carbocycles. The van der Waals surface area contributed by atoms with Crippen molar-refractivity contribution >= 4 is 11.7 Å². The zero-order valence-electron chi connectivity index (χ0n) is 16.1. The maximum atomic E-state index is 12.5. The first kappa shape index (κ1) is 18.8. The summed E-state index contributed by atoms with van der Waals surface area (Å²) < 4.78 is 5.46. The van der Waals surface area contributed by atoms with Crippen molar-refractivity contribution in [3.63, 3.8) is 0 Å². The van der Waals surface area contributed by atoms with Crippen LogP contribution in [-0.4, -0.2) is 66.2 Å². The van der Waals surface area contributed by atoms with E-state index in [2.05, 4.69) is 25.1 Å². The largest absolute Gasteiger partial charge is 0.379 e. The first-order valence-corrected chi connectivity index (χ1v) is 9.99. The lowest BCUT2D eigenvalue weighted by atomic mass is 10.0. The second-order valence-electron chi connectivity index (χ2n) is 7.31. The molecule has 0 radical (unpaired) electrons. The van der Waals surface area contributed by atoms with Crippen molar-refractivity contribution in [2.24, 2.45) is 0 Å². The molecule has 2 aliphatic heterocycles. The molecule has 0 atom stereocenters. The summed E-state index contributed by atoms with van der Waals surface area (Å²) in [5.41, 5.74) is 1.62. The van der Waals surface area contributed by atoms with Crippen molar-refractivity contribution in [1.82, 2.24) is 20.2 Å². The Kier molecular flexibility index (Phi) is 6.14. The topological polar surface area (TPSA) is 70.6 Å². The second kappa shape index (κ2) is 9.12. The van der Waals surface area contributed by atoms with E-state index in [4.69, 9.17) is 4.74 Å². The third kappa shape index (κ3) is 4.66. The number of hydrogen-bond donors (Lipinski definition) is 1. The molecular weight excluding hydrogens is 354 g/mol. The predicted molar refractivity (Wildman–Crippen MR) is 107 cm³/mol. The van der Waals surface area contributed by atoms with Gasteiger partial charge in [0, 0.05) is 62.9 Å². The first-order valence-electron chi connectivity index (χ1n) is 9.99. The van der Waals surface area contributed by atoms with Crippen LogP contribution in [0, 0.1) is 0 Å². The molecule has 0 bridgehead atoms. The fourth-order valence-electron chi connectivity index (χ4n) is 3.92. The van der Waals surface area contributed by atoms with Crippen LogP contribution in [0.15, 0.2) is 42.9 Å². The van der Waals surface area contributed by atoms with Gasteiger partial charge in [0.25, 0.3) is 5.91 Å². The molecule has 2 aromatic rings. The minimum atomic E-state index is -0.0873. The molecule has 4 heterocycles. The third-order valence-electron chi connectivity index (χ3n) is 5.53. The summed E-state index contributed by atoms with van der Waals surface area (Å²) in [5, 5.41) is 2.95. The molecule has 2 saturated heterocycles. The monoisotopic (exact) mass is 381 g/mol. The van der Waals surface area contributed by atoms with Crippen molar-refractivity contribution in [2.75, 3.05) is 44.3 Å². The number of carbonyl (C=O) groups is 1. The fourth-order valence-corrected chi connectivity index (χ4v) is 3.92. The Labute approximate surface area is 165 Å². The van der Waals surface area contributed by atoms with E-state index in [1.54, 1.807) is 24.7 Å². The Morgan fingerprint density at radius 2 is 1.96 bits per heavy atom. The molecule has 0 aliphatic carbocycles. The molecule has 2 aromatic heterocycles. The van der Waals surface area contributed by atoms with E-state index in [0.717, 1.165) is 63.6 Å². The van der Waals surface area contributed by atoms with Crippen LogP contribution in [0.3, 0.4) is 0 Å². The van der Waals surface area contributed by atoms with Crippen LogP contribution in [0.5, 0.6) is 0 Å². The number of morpholine rings is 1. The van der Waals surface area contributed by atoms with E-state index in [9.17, 15) is 4.79 Å². The highest BCUT2D eigenvalue weighted by atomic mass is 16.5. The predicted octanol–water partition coefficient (Wildman–Crippen LogP) is 1.71. The number of piperidine rings is 1. The van der Waals surface area contributed by atoms with E-state index < -0.39 is 0 Å². The summed E-state index contributed by atoms with van der Waals surface area (Å²) in [6.45, 7) is 6.17. The Morgan fingerprint density at radius 1 is 1.14 bits per heavy atom. The van der Waals surface area contributed by atoms with Crippen molar-refractivity contribution < 1.29 is 9.53 Å². The van der Waals surface area contributed by atoms with Crippen LogP contribution in [0.25, 0.3) is 0 Å². The summed E-state index contributed by atoms with van der Waals surface area (Å²) in [7, 11) is 0. The quantitative estimate of drug-likeness (QED) is 0.850. The van der Waals surface area contributed by atoms with Gasteiger partial charge in [-0.15, -0.1) is 0 Å². The number of nitrogens with zero attached hydrogens (tertiary/aromatic N) is 4. The molecule has 28 heavy (non-hydrogen) atoms. The summed E-state index contributed by atoms with van der Waals surface area (Å²) in [4.78, 5) is 25.9. The summed E-state index contributed by atoms with van der Waals surface area (Å²) in [5.74, 6) is 0.796. The van der Waals surface area contributed by atoms with Gasteiger partial charge in [-0.1, -0.05) is 6.07 Å². The highest BCUT2D eigenvalue weighted by molar-refractivity contribution is 5.94. The standard InChI is InChI=1S/C21H27N5O2/c27-21(24-16-17-2-1-6-22-15-17)18-3-7-23-20(14-18)26-8-4-19(5-9-26)25-10-12-28-13-11-25/h1-3,6-7,14-15,19H,4-5,8-13,16H2,(H,24,27). The summed E-state index contributed by atoms with van der Waals surface area (Å²) in [6.07, 6.45) is 7.46. The van der Waals surface area contributed by atoms with Crippen molar-refractivity contribution in [3.05, 3.63) is 54.0 Å². The Morgan fingerprint density at radius 3 is 2.71 bits per heavy atom. The van der Waals surface area contributed by atoms with Gasteiger partial charge in [0.05, 0.1) is 13.2 Å². The Bertz CT molecular complexity index is 771. The Hall–Kier alpha value is -2.51. The number of hydrogen-bond acceptors (Lipinski definition) is 6. The number of carbonyl (C=O) groups excluding carboxylic acids is 1. The maximum absolute atomic E-state index is 12.5. The number of rotatable bonds is 5. The molecule has 0 unspecified atom stereocenters. The van der Waals surface area contributed by atoms with Crippen molar-refractivity contribution in [1.29, 1.82) is 0 Å². The van der Waals surface area contributed by atoms with Gasteiger partial charge in [-0.05, 0) is 36.6 Å². The van der Waals surface area contributed by atoms with Gasteiger partial charge in [-0.2, -0.15) is 0 Å². The molecule has 148 valence electrons. The molecule has 2 fully saturated rings. The average molecular weight is 381 g/mol. The highest BCUT2D eigenvalue weighted by Gasteiger charge is 2.26. The molecule has 0 aromatic carbocycles. The van der Waals surface area contributed by atoms with Crippen LogP contribution in [0.1, 0.15) is 28.8 Å². The number of nitrogens with one attached hydrogen (secondary N) is 1. The van der Waals surface area contributed by atoms with E-state index >= 15 is 0 Å². The SMILES string of the molecule is O=C(NCc1cccnc1)c1ccnc(N2CCC(N3CCOCC3)CC2)c1. The molecule has 7 heteroatoms. The van der Waals surface area contributed by atoms with Crippen molar-refractivity contribution in [3.8, 4) is 0 Å². The zero-order chi connectivity index (χ0) is 19.2. The fraction of sp³-hybridized carbons (Fsp3) is 0.476. The maximum Gasteiger partial charge on any atom is 0.251 e. The number of anilines is 1. The molecule has 4 rings (SSSR count). The van der Waals surface area contributed by atoms with Crippen LogP contribution in [0.4, 0.5) is 5.82 Å². The van der Waals surface area contributed by atoms with Crippen LogP contribution < -0.4 is 10.2 Å². The lowest BCUT2D eigenvalue weighted by Crippen LogP contribution is -2.49. The van der Waals surface area contributed by atoms with Gasteiger partial charge < -0.3 is 15.0 Å². The van der Waals surface area contributed by atoms with E-state index in [0.29, 0.717) is 18.2 Å². The molecule has 1 N–H and O–H groups in total. The van der Waals surface area contributed by atoms with Gasteiger partial charge in [0.2, 0.25) is 0 Å². The van der Waals surface area contributed by atoms with E-state index in [1.807, 2.05) is 18.2 Å². The summed E-state index contributed by atoms with van der Waals surface area (Å²) >= 11 is 0. The number of pyridine rings is 2. The van der Waals surface area contributed by atoms with Crippen LogP contribution >= 0.6 is 0 Å². The molecule has 1 amide bonds. The molecular formula is C21H27N5O2. The zero-order valence-corrected chi connectivity index (χ0v) is 16.1. The number of ether oxygens (including phenoxy) is 1. The van der Waals surface area contributed by atoms with Crippen LogP contribution in [0.2, 0.25) is 0 Å². The minimum Gasteiger partial charge on any atom is -0.379 e. The normalized spacial score (nSPS) is 18.8. The molecule has 2 aliphatic rings. The average Bonchev–Trinajstić information content (AvgIpc) is 2.79. The van der Waals surface area contributed by atoms with Gasteiger partial charge in [0.1, 0.15) is 5.82 Å². The minimum absolute atomic E-state index is 0.0873. The highest BCUT2D eigenvalue weighted by Crippen LogP contribution is 2.22. The van der Waals surface area contributed by atoms with Gasteiger partial charge in [-0.3, -0.25) is 14.7 Å². The van der Waals surface area contributed by atoms with Gasteiger partial charge >= 0.3 is 0 Å². The summed E-state index contributed by atoms with van der Waals surface area (Å²) in [6, 6.07) is 8.11. The van der Waals surface area contributed by atoms with Crippen LogP contribution in [-0.2, 0) is 11.3 Å². The number of aromatic nitrogens is 2. The third-order valence-corrected chi connectivity index (χ3v) is 5.53. The van der Waals surface area contributed by atoms with E-state index in [-0.39, 0.29) is 5.91 Å². The lowest BCUT2D eigenvalue weighted by molar-refractivity contribution is 0.0115. The molecule has 7 nitrogen and oxygen atoms in total. The second-order valence-corrected chi connectivity index (χ2v) is 7.31.